The van der Waals surface area contributed by atoms with Crippen LogP contribution in [0.2, 0.25) is 0 Å². The van der Waals surface area contributed by atoms with Crippen molar-refractivity contribution in [3.05, 3.63) is 0 Å². The largest absolute Gasteiger partial charge is 0.298 e. The lowest BCUT2D eigenvalue weighted by molar-refractivity contribution is -0.144. The van der Waals surface area contributed by atoms with E-state index in [1.807, 2.05) is 0 Å². The minimum Gasteiger partial charge on any atom is -0.298 e. The van der Waals surface area contributed by atoms with Crippen molar-refractivity contribution in [3.8, 4) is 0 Å². The fourth-order valence-corrected chi connectivity index (χ4v) is 3.07. The molecule has 0 aromatic carbocycles. The quantitative estimate of drug-likeness (QED) is 0.462. The Balaban J connectivity index is 5.36. The SMILES string of the molecule is CCCCC(C)(C(=O)C(C)(CCCC)C(C)C)C(C)C. The molecule has 0 heterocycles. The second-order valence-electron chi connectivity index (χ2n) is 7.68. The van der Waals surface area contributed by atoms with Gasteiger partial charge in [-0.1, -0.05) is 81.1 Å². The molecule has 0 aliphatic rings. The van der Waals surface area contributed by atoms with Crippen LogP contribution in [0, 0.1) is 22.7 Å². The van der Waals surface area contributed by atoms with Crippen LogP contribution in [-0.4, -0.2) is 5.78 Å². The van der Waals surface area contributed by atoms with Crippen molar-refractivity contribution in [2.24, 2.45) is 22.7 Å². The topological polar surface area (TPSA) is 17.1 Å². The summed E-state index contributed by atoms with van der Waals surface area (Å²) >= 11 is 0. The van der Waals surface area contributed by atoms with Gasteiger partial charge in [0, 0.05) is 10.8 Å². The van der Waals surface area contributed by atoms with Gasteiger partial charge in [-0.05, 0) is 24.7 Å². The van der Waals surface area contributed by atoms with Crippen molar-refractivity contribution in [2.75, 3.05) is 0 Å². The summed E-state index contributed by atoms with van der Waals surface area (Å²) in [5.41, 5.74) is -0.328. The number of hydrogen-bond acceptors (Lipinski definition) is 1. The summed E-state index contributed by atoms with van der Waals surface area (Å²) in [6, 6.07) is 0. The Hall–Kier alpha value is -0.330. The van der Waals surface area contributed by atoms with Gasteiger partial charge in [0.25, 0.3) is 0 Å². The average Bonchev–Trinajstić information content (AvgIpc) is 2.40. The van der Waals surface area contributed by atoms with Gasteiger partial charge in [0.15, 0.2) is 0 Å². The van der Waals surface area contributed by atoms with E-state index in [2.05, 4.69) is 55.4 Å². The lowest BCUT2D eigenvalue weighted by Gasteiger charge is -2.43. The highest BCUT2D eigenvalue weighted by Gasteiger charge is 2.47. The van der Waals surface area contributed by atoms with Gasteiger partial charge >= 0.3 is 0 Å². The minimum atomic E-state index is -0.164. The number of carbonyl (C=O) groups is 1. The Morgan fingerprint density at radius 1 is 0.800 bits per heavy atom. The van der Waals surface area contributed by atoms with E-state index in [1.165, 1.54) is 12.8 Å². The summed E-state index contributed by atoms with van der Waals surface area (Å²) in [6.45, 7) is 17.7. The van der Waals surface area contributed by atoms with E-state index in [0.29, 0.717) is 17.6 Å². The van der Waals surface area contributed by atoms with Gasteiger partial charge in [-0.2, -0.15) is 0 Å². The van der Waals surface area contributed by atoms with Crippen LogP contribution >= 0.6 is 0 Å². The highest BCUT2D eigenvalue weighted by molar-refractivity contribution is 5.90. The number of rotatable bonds is 10. The van der Waals surface area contributed by atoms with Crippen molar-refractivity contribution >= 4 is 5.78 Å². The van der Waals surface area contributed by atoms with Crippen molar-refractivity contribution < 1.29 is 4.79 Å². The maximum Gasteiger partial charge on any atom is 0.145 e. The van der Waals surface area contributed by atoms with Crippen molar-refractivity contribution in [1.29, 1.82) is 0 Å². The molecule has 0 amide bonds. The number of unbranched alkanes of at least 4 members (excludes halogenated alkanes) is 2. The normalized spacial score (nSPS) is 18.1. The summed E-state index contributed by atoms with van der Waals surface area (Å²) in [7, 11) is 0. The van der Waals surface area contributed by atoms with Gasteiger partial charge < -0.3 is 0 Å². The smallest absolute Gasteiger partial charge is 0.145 e. The molecular weight excluding hydrogens is 244 g/mol. The Bertz CT molecular complexity index is 264. The van der Waals surface area contributed by atoms with E-state index in [0.717, 1.165) is 25.7 Å². The fourth-order valence-electron chi connectivity index (χ4n) is 3.07. The molecule has 0 bridgehead atoms. The Morgan fingerprint density at radius 2 is 1.10 bits per heavy atom. The molecule has 0 aliphatic carbocycles. The second kappa shape index (κ2) is 8.20. The summed E-state index contributed by atoms with van der Waals surface area (Å²) in [5, 5.41) is 0. The molecule has 0 spiro atoms. The van der Waals surface area contributed by atoms with Crippen LogP contribution in [0.4, 0.5) is 0 Å². The maximum atomic E-state index is 13.4. The highest BCUT2D eigenvalue weighted by Crippen LogP contribution is 2.45. The van der Waals surface area contributed by atoms with E-state index in [1.54, 1.807) is 0 Å². The molecule has 0 fully saturated rings. The van der Waals surface area contributed by atoms with Crippen LogP contribution in [0.15, 0.2) is 0 Å². The van der Waals surface area contributed by atoms with Crippen molar-refractivity contribution in [2.45, 2.75) is 93.9 Å². The third kappa shape index (κ3) is 4.33. The fraction of sp³-hybridized carbons (Fsp3) is 0.947. The summed E-state index contributed by atoms with van der Waals surface area (Å²) in [4.78, 5) is 13.4. The molecule has 20 heavy (non-hydrogen) atoms. The molecule has 0 saturated carbocycles. The van der Waals surface area contributed by atoms with Gasteiger partial charge in [0.2, 0.25) is 0 Å². The van der Waals surface area contributed by atoms with Crippen LogP contribution in [0.25, 0.3) is 0 Å². The first-order valence-electron chi connectivity index (χ1n) is 8.71. The van der Waals surface area contributed by atoms with E-state index < -0.39 is 0 Å². The molecule has 0 saturated heterocycles. The molecule has 1 nitrogen and oxygen atoms in total. The predicted molar refractivity (Wildman–Crippen MR) is 89.9 cm³/mol. The molecule has 2 atom stereocenters. The van der Waals surface area contributed by atoms with E-state index in [4.69, 9.17) is 0 Å². The molecule has 0 N–H and O–H groups in total. The number of hydrogen-bond donors (Lipinski definition) is 0. The van der Waals surface area contributed by atoms with Gasteiger partial charge in [0.05, 0.1) is 0 Å². The number of ketones is 1. The summed E-state index contributed by atoms with van der Waals surface area (Å²) in [6.07, 6.45) is 6.72. The third-order valence-corrected chi connectivity index (χ3v) is 5.69. The first-order chi connectivity index (χ1) is 9.16. The van der Waals surface area contributed by atoms with Crippen LogP contribution in [0.5, 0.6) is 0 Å². The van der Waals surface area contributed by atoms with Crippen LogP contribution in [-0.2, 0) is 4.79 Å². The Morgan fingerprint density at radius 3 is 1.30 bits per heavy atom. The number of Topliss-reactive ketones (excluding diaryl/α,β-unsaturated/α-hetero) is 1. The van der Waals surface area contributed by atoms with E-state index in [9.17, 15) is 4.79 Å². The molecule has 0 aliphatic heterocycles. The molecule has 120 valence electrons. The molecular formula is C19H38O. The third-order valence-electron chi connectivity index (χ3n) is 5.69. The first-order valence-corrected chi connectivity index (χ1v) is 8.71. The molecule has 0 rings (SSSR count). The van der Waals surface area contributed by atoms with Crippen LogP contribution < -0.4 is 0 Å². The minimum absolute atomic E-state index is 0.164. The van der Waals surface area contributed by atoms with Gasteiger partial charge in [-0.25, -0.2) is 0 Å². The maximum absolute atomic E-state index is 13.4. The van der Waals surface area contributed by atoms with Crippen molar-refractivity contribution in [3.63, 3.8) is 0 Å². The van der Waals surface area contributed by atoms with Crippen molar-refractivity contribution in [1.82, 2.24) is 0 Å². The zero-order chi connectivity index (χ0) is 16.0. The van der Waals surface area contributed by atoms with Gasteiger partial charge in [0.1, 0.15) is 5.78 Å². The molecule has 1 heteroatoms. The lowest BCUT2D eigenvalue weighted by Crippen LogP contribution is -2.46. The predicted octanol–water partition coefficient (Wildman–Crippen LogP) is 6.26. The molecule has 0 aromatic rings. The first kappa shape index (κ1) is 19.7. The zero-order valence-corrected chi connectivity index (χ0v) is 15.3. The monoisotopic (exact) mass is 282 g/mol. The van der Waals surface area contributed by atoms with Crippen LogP contribution in [0.3, 0.4) is 0 Å². The highest BCUT2D eigenvalue weighted by atomic mass is 16.1. The standard InChI is InChI=1S/C19H38O/c1-9-11-13-18(7,15(3)4)17(20)19(8,16(5)6)14-12-10-2/h15-16H,9-14H2,1-8H3. The Labute approximate surface area is 127 Å². The lowest BCUT2D eigenvalue weighted by atomic mass is 9.59. The second-order valence-corrected chi connectivity index (χ2v) is 7.68. The van der Waals surface area contributed by atoms with Gasteiger partial charge in [-0.15, -0.1) is 0 Å². The van der Waals surface area contributed by atoms with E-state index >= 15 is 0 Å². The Kier molecular flexibility index (Phi) is 8.06. The summed E-state index contributed by atoms with van der Waals surface area (Å²) < 4.78 is 0. The van der Waals surface area contributed by atoms with Crippen LogP contribution in [0.1, 0.15) is 93.9 Å². The molecule has 2 unspecified atom stereocenters. The molecule has 0 aromatic heterocycles. The number of carbonyl (C=O) groups excluding carboxylic acids is 1. The van der Waals surface area contributed by atoms with E-state index in [-0.39, 0.29) is 10.8 Å². The molecule has 0 radical (unpaired) electrons. The van der Waals surface area contributed by atoms with Gasteiger partial charge in [-0.3, -0.25) is 4.79 Å². The summed E-state index contributed by atoms with van der Waals surface area (Å²) in [5.74, 6) is 1.35. The average molecular weight is 283 g/mol. The zero-order valence-electron chi connectivity index (χ0n) is 15.3.